The monoisotopic (exact) mass is 264 g/mol. The van der Waals surface area contributed by atoms with Gasteiger partial charge in [0.05, 0.1) is 18.2 Å². The van der Waals surface area contributed by atoms with E-state index in [9.17, 15) is 9.90 Å². The van der Waals surface area contributed by atoms with Crippen LogP contribution < -0.4 is 0 Å². The van der Waals surface area contributed by atoms with E-state index in [-0.39, 0.29) is 12.2 Å². The summed E-state index contributed by atoms with van der Waals surface area (Å²) in [6.07, 6.45) is 6.15. The maximum Gasteiger partial charge on any atom is 0.167 e. The van der Waals surface area contributed by atoms with E-state index in [1.165, 1.54) is 25.7 Å². The van der Waals surface area contributed by atoms with Gasteiger partial charge in [0.25, 0.3) is 0 Å². The van der Waals surface area contributed by atoms with Gasteiger partial charge in [0.15, 0.2) is 5.78 Å². The number of rotatable bonds is 4. The minimum atomic E-state index is -0.927. The molecule has 1 atom stereocenters. The lowest BCUT2D eigenvalue weighted by Crippen LogP contribution is -2.35. The molecule has 4 heteroatoms. The van der Waals surface area contributed by atoms with E-state index in [1.807, 2.05) is 37.7 Å². The highest BCUT2D eigenvalue weighted by Crippen LogP contribution is 2.29. The van der Waals surface area contributed by atoms with Crippen LogP contribution in [0, 0.1) is 5.41 Å². The zero-order valence-electron chi connectivity index (χ0n) is 12.1. The molecule has 0 radical (unpaired) electrons. The van der Waals surface area contributed by atoms with Gasteiger partial charge in [-0.15, -0.1) is 0 Å². The average molecular weight is 264 g/mol. The van der Waals surface area contributed by atoms with Crippen LogP contribution in [0.3, 0.4) is 0 Å². The Kier molecular flexibility index (Phi) is 4.09. The summed E-state index contributed by atoms with van der Waals surface area (Å²) < 4.78 is 1.99. The van der Waals surface area contributed by atoms with Crippen molar-refractivity contribution in [2.45, 2.75) is 65.0 Å². The average Bonchev–Trinajstić information content (AvgIpc) is 2.95. The third-order valence-corrected chi connectivity index (χ3v) is 3.84. The molecule has 1 aliphatic rings. The van der Waals surface area contributed by atoms with E-state index in [2.05, 4.69) is 5.10 Å². The number of hydrogen-bond donors (Lipinski definition) is 1. The fourth-order valence-electron chi connectivity index (χ4n) is 2.60. The highest BCUT2D eigenvalue weighted by molar-refractivity contribution is 5.85. The summed E-state index contributed by atoms with van der Waals surface area (Å²) in [4.78, 5) is 12.0. The lowest BCUT2D eigenvalue weighted by molar-refractivity contribution is -0.131. The van der Waals surface area contributed by atoms with Crippen LogP contribution in [-0.4, -0.2) is 26.8 Å². The van der Waals surface area contributed by atoms with Crippen LogP contribution in [-0.2, 0) is 11.2 Å². The first-order valence-electron chi connectivity index (χ1n) is 7.13. The molecule has 1 saturated carbocycles. The summed E-state index contributed by atoms with van der Waals surface area (Å²) in [5.74, 6) is -0.149. The van der Waals surface area contributed by atoms with Gasteiger partial charge in [0.2, 0.25) is 0 Å². The zero-order valence-corrected chi connectivity index (χ0v) is 12.1. The van der Waals surface area contributed by atoms with Gasteiger partial charge < -0.3 is 5.11 Å². The summed E-state index contributed by atoms with van der Waals surface area (Å²) in [7, 11) is 0. The number of aliphatic hydroxyl groups is 1. The molecule has 0 spiro atoms. The first kappa shape index (κ1) is 14.3. The Hall–Kier alpha value is -1.16. The van der Waals surface area contributed by atoms with Gasteiger partial charge in [-0.1, -0.05) is 33.6 Å². The number of ketones is 1. The molecule has 1 aromatic rings. The highest BCUT2D eigenvalue weighted by Gasteiger charge is 2.29. The number of aliphatic hydroxyl groups excluding tert-OH is 1. The van der Waals surface area contributed by atoms with Crippen molar-refractivity contribution in [1.82, 2.24) is 9.78 Å². The molecule has 0 amide bonds. The summed E-state index contributed by atoms with van der Waals surface area (Å²) in [5, 5.41) is 14.4. The molecule has 0 saturated heterocycles. The molecule has 4 nitrogen and oxygen atoms in total. The van der Waals surface area contributed by atoms with E-state index in [4.69, 9.17) is 0 Å². The van der Waals surface area contributed by atoms with E-state index < -0.39 is 11.5 Å². The zero-order chi connectivity index (χ0) is 14.0. The SMILES string of the molecule is CC(C)(C)C(O)C(=O)Cc1ccn(C2CCCC2)n1. The first-order valence-corrected chi connectivity index (χ1v) is 7.13. The number of nitrogens with zero attached hydrogens (tertiary/aromatic N) is 2. The number of aromatic nitrogens is 2. The Bertz CT molecular complexity index is 439. The Morgan fingerprint density at radius 3 is 2.68 bits per heavy atom. The second-order valence-corrected chi connectivity index (χ2v) is 6.64. The van der Waals surface area contributed by atoms with Crippen LogP contribution in [0.15, 0.2) is 12.3 Å². The maximum absolute atomic E-state index is 12.0. The molecule has 19 heavy (non-hydrogen) atoms. The van der Waals surface area contributed by atoms with Gasteiger partial charge in [-0.25, -0.2) is 0 Å². The molecule has 106 valence electrons. The van der Waals surface area contributed by atoms with E-state index >= 15 is 0 Å². The molecular formula is C15H24N2O2. The number of carbonyl (C=O) groups excluding carboxylic acids is 1. The predicted octanol–water partition coefficient (Wildman–Crippen LogP) is 2.52. The standard InChI is InChI=1S/C15H24N2O2/c1-15(2,3)14(19)13(18)10-11-8-9-17(16-11)12-6-4-5-7-12/h8-9,12,14,19H,4-7,10H2,1-3H3. The largest absolute Gasteiger partial charge is 0.385 e. The number of carbonyl (C=O) groups is 1. The molecule has 1 fully saturated rings. The third kappa shape index (κ3) is 3.44. The number of Topliss-reactive ketones (excluding diaryl/α,β-unsaturated/α-hetero) is 1. The van der Waals surface area contributed by atoms with Gasteiger partial charge >= 0.3 is 0 Å². The minimum Gasteiger partial charge on any atom is -0.385 e. The van der Waals surface area contributed by atoms with Crippen molar-refractivity contribution >= 4 is 5.78 Å². The maximum atomic E-state index is 12.0. The highest BCUT2D eigenvalue weighted by atomic mass is 16.3. The van der Waals surface area contributed by atoms with Gasteiger partial charge in [0.1, 0.15) is 6.10 Å². The molecule has 1 aromatic heterocycles. The van der Waals surface area contributed by atoms with Crippen molar-refractivity contribution in [2.75, 3.05) is 0 Å². The topological polar surface area (TPSA) is 55.1 Å². The predicted molar refractivity (Wildman–Crippen MR) is 73.9 cm³/mol. The Labute approximate surface area is 114 Å². The summed E-state index contributed by atoms with van der Waals surface area (Å²) >= 11 is 0. The molecule has 0 aliphatic heterocycles. The first-order chi connectivity index (χ1) is 8.88. The second kappa shape index (κ2) is 5.45. The van der Waals surface area contributed by atoms with Crippen molar-refractivity contribution in [1.29, 1.82) is 0 Å². The van der Waals surface area contributed by atoms with Gasteiger partial charge in [0, 0.05) is 6.20 Å². The summed E-state index contributed by atoms with van der Waals surface area (Å²) in [6.45, 7) is 5.60. The fraction of sp³-hybridized carbons (Fsp3) is 0.733. The van der Waals surface area contributed by atoms with Crippen LogP contribution in [0.1, 0.15) is 58.2 Å². The van der Waals surface area contributed by atoms with E-state index in [1.54, 1.807) is 0 Å². The van der Waals surface area contributed by atoms with Crippen molar-refractivity contribution in [3.8, 4) is 0 Å². The van der Waals surface area contributed by atoms with Crippen molar-refractivity contribution in [2.24, 2.45) is 5.41 Å². The fourth-order valence-corrected chi connectivity index (χ4v) is 2.60. The molecule has 2 rings (SSSR count). The second-order valence-electron chi connectivity index (χ2n) is 6.64. The van der Waals surface area contributed by atoms with Gasteiger partial charge in [-0.2, -0.15) is 5.10 Å². The lowest BCUT2D eigenvalue weighted by atomic mass is 9.85. The van der Waals surface area contributed by atoms with Crippen molar-refractivity contribution < 1.29 is 9.90 Å². The van der Waals surface area contributed by atoms with E-state index in [0.29, 0.717) is 6.04 Å². The van der Waals surface area contributed by atoms with Gasteiger partial charge in [-0.05, 0) is 24.3 Å². The van der Waals surface area contributed by atoms with Crippen LogP contribution in [0.4, 0.5) is 0 Å². The minimum absolute atomic E-state index is 0.149. The molecule has 1 unspecified atom stereocenters. The lowest BCUT2D eigenvalue weighted by Gasteiger charge is -2.24. The smallest absolute Gasteiger partial charge is 0.167 e. The Balaban J connectivity index is 1.98. The van der Waals surface area contributed by atoms with Crippen LogP contribution in [0.25, 0.3) is 0 Å². The Morgan fingerprint density at radius 1 is 1.47 bits per heavy atom. The molecule has 1 heterocycles. The number of hydrogen-bond acceptors (Lipinski definition) is 3. The molecule has 0 bridgehead atoms. The van der Waals surface area contributed by atoms with Crippen LogP contribution in [0.2, 0.25) is 0 Å². The molecule has 1 aliphatic carbocycles. The van der Waals surface area contributed by atoms with Gasteiger partial charge in [-0.3, -0.25) is 9.48 Å². The summed E-state index contributed by atoms with van der Waals surface area (Å²) in [6, 6.07) is 2.39. The third-order valence-electron chi connectivity index (χ3n) is 3.84. The normalized spacial score (nSPS) is 18.7. The van der Waals surface area contributed by atoms with E-state index in [0.717, 1.165) is 5.69 Å². The molecule has 1 N–H and O–H groups in total. The van der Waals surface area contributed by atoms with Crippen molar-refractivity contribution in [3.05, 3.63) is 18.0 Å². The molecule has 0 aromatic carbocycles. The summed E-state index contributed by atoms with van der Waals surface area (Å²) in [5.41, 5.74) is 0.352. The quantitative estimate of drug-likeness (QED) is 0.909. The Morgan fingerprint density at radius 2 is 2.11 bits per heavy atom. The van der Waals surface area contributed by atoms with Crippen molar-refractivity contribution in [3.63, 3.8) is 0 Å². The van der Waals surface area contributed by atoms with Crippen LogP contribution >= 0.6 is 0 Å². The molecular weight excluding hydrogens is 240 g/mol. The van der Waals surface area contributed by atoms with Crippen LogP contribution in [0.5, 0.6) is 0 Å².